The maximum absolute atomic E-state index is 11.5. The molecule has 2 saturated carbocycles. The van der Waals surface area contributed by atoms with E-state index in [1.54, 1.807) is 25.3 Å². The zero-order valence-corrected chi connectivity index (χ0v) is 13.6. The molecule has 3 N–H and O–H groups in total. The van der Waals surface area contributed by atoms with E-state index >= 15 is 0 Å². The molecule has 4 unspecified atom stereocenters. The average Bonchev–Trinajstić information content (AvgIpc) is 3.17. The maximum atomic E-state index is 11.5. The SMILES string of the molecule is COc1ccc(C2(O)C=CNC(=O)N2)cc1OC1CC2CCC1C2. The van der Waals surface area contributed by atoms with E-state index in [9.17, 15) is 9.90 Å². The Kier molecular flexibility index (Phi) is 3.64. The summed E-state index contributed by atoms with van der Waals surface area (Å²) in [5.41, 5.74) is -1.02. The van der Waals surface area contributed by atoms with Crippen molar-refractivity contribution in [3.63, 3.8) is 0 Å². The van der Waals surface area contributed by atoms with Gasteiger partial charge in [-0.05, 0) is 61.8 Å². The molecule has 24 heavy (non-hydrogen) atoms. The second-order valence-corrected chi connectivity index (χ2v) is 6.89. The minimum absolute atomic E-state index is 0.209. The Morgan fingerprint density at radius 2 is 2.12 bits per heavy atom. The number of carbonyl (C=O) groups is 1. The largest absolute Gasteiger partial charge is 0.493 e. The zero-order chi connectivity index (χ0) is 16.7. The molecule has 1 aromatic carbocycles. The lowest BCUT2D eigenvalue weighted by Gasteiger charge is -2.30. The van der Waals surface area contributed by atoms with Gasteiger partial charge >= 0.3 is 6.03 Å². The number of aliphatic hydroxyl groups is 1. The van der Waals surface area contributed by atoms with Crippen LogP contribution in [0.25, 0.3) is 0 Å². The Labute approximate surface area is 140 Å². The second kappa shape index (κ2) is 5.70. The van der Waals surface area contributed by atoms with Gasteiger partial charge in [-0.15, -0.1) is 0 Å². The van der Waals surface area contributed by atoms with Crippen molar-refractivity contribution in [2.75, 3.05) is 7.11 Å². The van der Waals surface area contributed by atoms with Crippen molar-refractivity contribution in [1.82, 2.24) is 10.6 Å². The summed E-state index contributed by atoms with van der Waals surface area (Å²) in [4.78, 5) is 11.5. The molecular weight excluding hydrogens is 308 g/mol. The van der Waals surface area contributed by atoms with Crippen molar-refractivity contribution < 1.29 is 19.4 Å². The molecule has 1 aromatic rings. The number of benzene rings is 1. The highest BCUT2D eigenvalue weighted by Gasteiger charge is 2.41. The quantitative estimate of drug-likeness (QED) is 0.791. The first-order valence-corrected chi connectivity index (χ1v) is 8.41. The van der Waals surface area contributed by atoms with Crippen LogP contribution in [0.5, 0.6) is 11.5 Å². The fourth-order valence-corrected chi connectivity index (χ4v) is 4.16. The van der Waals surface area contributed by atoms with Gasteiger partial charge in [0.1, 0.15) is 6.10 Å². The molecule has 0 spiro atoms. The highest BCUT2D eigenvalue weighted by molar-refractivity contribution is 5.77. The lowest BCUT2D eigenvalue weighted by molar-refractivity contribution is 0.0577. The van der Waals surface area contributed by atoms with Crippen molar-refractivity contribution in [3.05, 3.63) is 36.0 Å². The van der Waals surface area contributed by atoms with Crippen molar-refractivity contribution in [3.8, 4) is 11.5 Å². The molecule has 2 bridgehead atoms. The van der Waals surface area contributed by atoms with Gasteiger partial charge in [0.2, 0.25) is 0 Å². The molecular formula is C18H22N2O4. The summed E-state index contributed by atoms with van der Waals surface area (Å²) < 4.78 is 11.7. The normalized spacial score (nSPS) is 33.9. The molecule has 1 heterocycles. The molecule has 1 aliphatic heterocycles. The number of nitrogens with one attached hydrogen (secondary N) is 2. The van der Waals surface area contributed by atoms with Gasteiger partial charge in [-0.3, -0.25) is 0 Å². The summed E-state index contributed by atoms with van der Waals surface area (Å²) in [6, 6.07) is 4.78. The fraction of sp³-hybridized carbons (Fsp3) is 0.500. The van der Waals surface area contributed by atoms with E-state index in [-0.39, 0.29) is 6.10 Å². The van der Waals surface area contributed by atoms with E-state index < -0.39 is 11.8 Å². The Morgan fingerprint density at radius 3 is 2.79 bits per heavy atom. The number of ether oxygens (including phenoxy) is 2. The summed E-state index contributed by atoms with van der Waals surface area (Å²) in [5, 5.41) is 15.7. The molecule has 0 radical (unpaired) electrons. The fourth-order valence-electron chi connectivity index (χ4n) is 4.16. The number of rotatable bonds is 4. The average molecular weight is 330 g/mol. The monoisotopic (exact) mass is 330 g/mol. The zero-order valence-electron chi connectivity index (χ0n) is 13.6. The van der Waals surface area contributed by atoms with Gasteiger partial charge in [-0.2, -0.15) is 0 Å². The lowest BCUT2D eigenvalue weighted by Crippen LogP contribution is -2.51. The predicted molar refractivity (Wildman–Crippen MR) is 87.6 cm³/mol. The summed E-state index contributed by atoms with van der Waals surface area (Å²) in [5.74, 6) is 2.64. The smallest absolute Gasteiger partial charge is 0.321 e. The molecule has 128 valence electrons. The van der Waals surface area contributed by atoms with Crippen LogP contribution < -0.4 is 20.1 Å². The topological polar surface area (TPSA) is 79.8 Å². The standard InChI is InChI=1S/C18H22N2O4/c1-23-14-5-4-13(18(22)6-7-19-17(21)20-18)10-16(14)24-15-9-11-2-3-12(15)8-11/h4-7,10-12,15,22H,2-3,8-9H2,1H3,(H2,19,20,21). The number of fused-ring (bicyclic) bond motifs is 2. The van der Waals surface area contributed by atoms with E-state index in [1.165, 1.54) is 31.5 Å². The highest BCUT2D eigenvalue weighted by Crippen LogP contribution is 2.47. The molecule has 0 saturated heterocycles. The number of methoxy groups -OCH3 is 1. The van der Waals surface area contributed by atoms with E-state index in [0.717, 1.165) is 12.3 Å². The number of amides is 2. The molecule has 6 nitrogen and oxygen atoms in total. The number of hydrogen-bond acceptors (Lipinski definition) is 4. The molecule has 4 atom stereocenters. The third kappa shape index (κ3) is 2.60. The van der Waals surface area contributed by atoms with Crippen LogP contribution >= 0.6 is 0 Å². The van der Waals surface area contributed by atoms with Crippen LogP contribution in [0.15, 0.2) is 30.5 Å². The first-order chi connectivity index (χ1) is 11.6. The van der Waals surface area contributed by atoms with Crippen LogP contribution in [0.4, 0.5) is 4.79 Å². The molecule has 6 heteroatoms. The van der Waals surface area contributed by atoms with Crippen molar-refractivity contribution in [1.29, 1.82) is 0 Å². The number of carbonyl (C=O) groups excluding carboxylic acids is 1. The van der Waals surface area contributed by atoms with Gasteiger partial charge in [-0.1, -0.05) is 0 Å². The van der Waals surface area contributed by atoms with E-state index in [2.05, 4.69) is 10.6 Å². The Hall–Kier alpha value is -2.21. The Morgan fingerprint density at radius 1 is 1.25 bits per heavy atom. The Bertz CT molecular complexity index is 690. The minimum atomic E-state index is -1.55. The maximum Gasteiger partial charge on any atom is 0.321 e. The van der Waals surface area contributed by atoms with Gasteiger partial charge in [0.05, 0.1) is 7.11 Å². The summed E-state index contributed by atoms with van der Waals surface area (Å²) in [6.07, 6.45) is 8.01. The number of urea groups is 1. The molecule has 2 fully saturated rings. The third-order valence-electron chi connectivity index (χ3n) is 5.40. The molecule has 3 aliphatic rings. The van der Waals surface area contributed by atoms with Crippen molar-refractivity contribution >= 4 is 6.03 Å². The van der Waals surface area contributed by atoms with Crippen LogP contribution in [0.3, 0.4) is 0 Å². The van der Waals surface area contributed by atoms with E-state index in [1.807, 2.05) is 0 Å². The van der Waals surface area contributed by atoms with Gasteiger partial charge < -0.3 is 25.2 Å². The summed E-state index contributed by atoms with van der Waals surface area (Å²) in [6.45, 7) is 0. The van der Waals surface area contributed by atoms with Crippen LogP contribution in [0.2, 0.25) is 0 Å². The van der Waals surface area contributed by atoms with Gasteiger partial charge in [-0.25, -0.2) is 4.79 Å². The number of hydrogen-bond donors (Lipinski definition) is 3. The van der Waals surface area contributed by atoms with Gasteiger partial charge in [0, 0.05) is 11.8 Å². The van der Waals surface area contributed by atoms with E-state index in [0.29, 0.717) is 23.0 Å². The van der Waals surface area contributed by atoms with E-state index in [4.69, 9.17) is 9.47 Å². The lowest BCUT2D eigenvalue weighted by atomic mass is 9.97. The summed E-state index contributed by atoms with van der Waals surface area (Å²) >= 11 is 0. The molecule has 4 rings (SSSR count). The van der Waals surface area contributed by atoms with Crippen molar-refractivity contribution in [2.24, 2.45) is 11.8 Å². The van der Waals surface area contributed by atoms with Crippen LogP contribution in [0.1, 0.15) is 31.2 Å². The van der Waals surface area contributed by atoms with Crippen molar-refractivity contribution in [2.45, 2.75) is 37.5 Å². The predicted octanol–water partition coefficient (Wildman–Crippen LogP) is 2.23. The summed E-state index contributed by atoms with van der Waals surface area (Å²) in [7, 11) is 1.60. The van der Waals surface area contributed by atoms with Gasteiger partial charge in [0.25, 0.3) is 0 Å². The molecule has 2 amide bonds. The molecule has 0 aromatic heterocycles. The van der Waals surface area contributed by atoms with Crippen LogP contribution in [-0.4, -0.2) is 24.4 Å². The molecule has 2 aliphatic carbocycles. The highest BCUT2D eigenvalue weighted by atomic mass is 16.5. The van der Waals surface area contributed by atoms with Crippen LogP contribution in [0, 0.1) is 11.8 Å². The van der Waals surface area contributed by atoms with Gasteiger partial charge in [0.15, 0.2) is 17.2 Å². The van der Waals surface area contributed by atoms with Crippen LogP contribution in [-0.2, 0) is 5.72 Å². The first-order valence-electron chi connectivity index (χ1n) is 8.41. The third-order valence-corrected chi connectivity index (χ3v) is 5.40. The first kappa shape index (κ1) is 15.3. The Balaban J connectivity index is 1.62. The second-order valence-electron chi connectivity index (χ2n) is 6.89. The minimum Gasteiger partial charge on any atom is -0.493 e.